The summed E-state index contributed by atoms with van der Waals surface area (Å²) in [5, 5.41) is 10.6. The number of hydroxylamine groups is 1. The van der Waals surface area contributed by atoms with E-state index in [1.54, 1.807) is 24.3 Å². The van der Waals surface area contributed by atoms with Gasteiger partial charge in [-0.05, 0) is 18.6 Å². The van der Waals surface area contributed by atoms with Gasteiger partial charge in [-0.25, -0.2) is 13.5 Å². The predicted octanol–water partition coefficient (Wildman–Crippen LogP) is 2.38. The molecular weight excluding hydrogens is 264 g/mol. The average Bonchev–Trinajstić information content (AvgIpc) is 2.40. The highest BCUT2D eigenvalue weighted by atomic mass is 32.2. The van der Waals surface area contributed by atoms with E-state index >= 15 is 0 Å². The van der Waals surface area contributed by atoms with Gasteiger partial charge >= 0.3 is 0 Å². The summed E-state index contributed by atoms with van der Waals surface area (Å²) in [5.74, 6) is 0. The Morgan fingerprint density at radius 1 is 1.37 bits per heavy atom. The molecule has 1 heterocycles. The number of nitrogens with zero attached hydrogens (tertiary/aromatic N) is 2. The van der Waals surface area contributed by atoms with Gasteiger partial charge in [0.1, 0.15) is 6.07 Å². The number of para-hydroxylation sites is 1. The van der Waals surface area contributed by atoms with Crippen molar-refractivity contribution in [3.63, 3.8) is 0 Å². The zero-order valence-corrected chi connectivity index (χ0v) is 11.6. The van der Waals surface area contributed by atoms with E-state index in [9.17, 15) is 13.7 Å². The Kier molecular flexibility index (Phi) is 3.60. The van der Waals surface area contributed by atoms with Crippen molar-refractivity contribution in [2.45, 2.75) is 24.7 Å². The van der Waals surface area contributed by atoms with Gasteiger partial charge in [-0.15, -0.1) is 0 Å². The fourth-order valence-electron chi connectivity index (χ4n) is 2.14. The van der Waals surface area contributed by atoms with Crippen LogP contribution in [0.1, 0.15) is 19.8 Å². The average molecular weight is 278 g/mol. The van der Waals surface area contributed by atoms with Crippen molar-refractivity contribution in [3.05, 3.63) is 34.9 Å². The summed E-state index contributed by atoms with van der Waals surface area (Å²) < 4.78 is 24.8. The van der Waals surface area contributed by atoms with E-state index in [4.69, 9.17) is 4.84 Å². The van der Waals surface area contributed by atoms with Gasteiger partial charge in [-0.3, -0.25) is 4.84 Å². The van der Waals surface area contributed by atoms with Gasteiger partial charge in [0.2, 0.25) is 9.84 Å². The molecule has 5 nitrogen and oxygen atoms in total. The second-order valence-corrected chi connectivity index (χ2v) is 5.94. The first-order valence-corrected chi connectivity index (χ1v) is 7.37. The van der Waals surface area contributed by atoms with Gasteiger partial charge in [0.05, 0.1) is 23.4 Å². The number of allylic oxidation sites excluding steroid dienone is 2. The normalized spacial score (nSPS) is 17.0. The monoisotopic (exact) mass is 278 g/mol. The summed E-state index contributed by atoms with van der Waals surface area (Å²) in [6.07, 6.45) is 1.18. The van der Waals surface area contributed by atoms with Crippen LogP contribution in [0, 0.1) is 11.3 Å². The Bertz CT molecular complexity index is 671. The maximum atomic E-state index is 12.4. The number of hydrogen-bond donors (Lipinski definition) is 0. The van der Waals surface area contributed by atoms with Gasteiger partial charge in [0.15, 0.2) is 4.91 Å². The standard InChI is InChI=1S/C13H14N2O3S/c1-3-6-10-13(9-14)19(16,17)12-8-5-4-7-11(12)15(10)18-2/h4-5,7-8H,3,6H2,1-2H3. The van der Waals surface area contributed by atoms with E-state index in [0.717, 1.165) is 6.42 Å². The van der Waals surface area contributed by atoms with E-state index in [1.165, 1.54) is 18.2 Å². The number of benzene rings is 1. The molecule has 1 aromatic carbocycles. The van der Waals surface area contributed by atoms with Crippen molar-refractivity contribution in [2.24, 2.45) is 0 Å². The Hall–Kier alpha value is -1.84. The SMILES string of the molecule is CCCC1=C(C#N)S(=O)(=O)c2ccccc2N1OC. The van der Waals surface area contributed by atoms with Crippen LogP contribution < -0.4 is 5.06 Å². The molecule has 0 fully saturated rings. The number of anilines is 1. The van der Waals surface area contributed by atoms with Crippen LogP contribution in [0.4, 0.5) is 5.69 Å². The predicted molar refractivity (Wildman–Crippen MR) is 70.7 cm³/mol. The lowest BCUT2D eigenvalue weighted by Gasteiger charge is -2.30. The Labute approximate surface area is 112 Å². The zero-order chi connectivity index (χ0) is 14.0. The summed E-state index contributed by atoms with van der Waals surface area (Å²) in [5.41, 5.74) is 0.846. The molecule has 0 amide bonds. The molecule has 19 heavy (non-hydrogen) atoms. The molecule has 1 aliphatic heterocycles. The van der Waals surface area contributed by atoms with Crippen LogP contribution in [0.15, 0.2) is 39.8 Å². The number of rotatable bonds is 3. The highest BCUT2D eigenvalue weighted by Gasteiger charge is 2.36. The first-order valence-electron chi connectivity index (χ1n) is 5.89. The van der Waals surface area contributed by atoms with E-state index in [0.29, 0.717) is 17.8 Å². The molecule has 2 rings (SSSR count). The van der Waals surface area contributed by atoms with Crippen molar-refractivity contribution >= 4 is 15.5 Å². The molecule has 0 saturated carbocycles. The molecule has 0 radical (unpaired) electrons. The van der Waals surface area contributed by atoms with Gasteiger partial charge < -0.3 is 0 Å². The van der Waals surface area contributed by atoms with Crippen LogP contribution in [-0.4, -0.2) is 15.5 Å². The first-order chi connectivity index (χ1) is 9.07. The van der Waals surface area contributed by atoms with Crippen molar-refractivity contribution < 1.29 is 13.3 Å². The number of fused-ring (bicyclic) bond motifs is 1. The third-order valence-corrected chi connectivity index (χ3v) is 4.71. The van der Waals surface area contributed by atoms with Crippen molar-refractivity contribution in [2.75, 3.05) is 12.2 Å². The van der Waals surface area contributed by atoms with E-state index in [1.807, 2.05) is 6.92 Å². The molecule has 0 aliphatic carbocycles. The van der Waals surface area contributed by atoms with Gasteiger partial charge in [0.25, 0.3) is 0 Å². The quantitative estimate of drug-likeness (QED) is 0.849. The fraction of sp³-hybridized carbons (Fsp3) is 0.308. The first kappa shape index (κ1) is 13.6. The summed E-state index contributed by atoms with van der Waals surface area (Å²) in [6.45, 7) is 1.92. The molecule has 100 valence electrons. The molecule has 0 aromatic heterocycles. The summed E-state index contributed by atoms with van der Waals surface area (Å²) in [6, 6.07) is 8.32. The minimum atomic E-state index is -3.75. The molecular formula is C13H14N2O3S. The second-order valence-electron chi connectivity index (χ2n) is 4.09. The van der Waals surface area contributed by atoms with Crippen LogP contribution in [0.2, 0.25) is 0 Å². The number of hydrogen-bond acceptors (Lipinski definition) is 5. The maximum Gasteiger partial charge on any atom is 0.220 e. The second kappa shape index (κ2) is 5.03. The Morgan fingerprint density at radius 2 is 2.05 bits per heavy atom. The van der Waals surface area contributed by atoms with Crippen LogP contribution >= 0.6 is 0 Å². The molecule has 6 heteroatoms. The summed E-state index contributed by atoms with van der Waals surface area (Å²) >= 11 is 0. The van der Waals surface area contributed by atoms with Crippen LogP contribution in [-0.2, 0) is 14.7 Å². The Morgan fingerprint density at radius 3 is 2.63 bits per heavy atom. The van der Waals surface area contributed by atoms with E-state index in [-0.39, 0.29) is 9.80 Å². The molecule has 0 unspecified atom stereocenters. The molecule has 0 N–H and O–H groups in total. The molecule has 0 atom stereocenters. The summed E-state index contributed by atoms with van der Waals surface area (Å²) in [7, 11) is -2.29. The van der Waals surface area contributed by atoms with E-state index in [2.05, 4.69) is 0 Å². The lowest BCUT2D eigenvalue weighted by atomic mass is 10.2. The van der Waals surface area contributed by atoms with Crippen LogP contribution in [0.25, 0.3) is 0 Å². The molecule has 0 bridgehead atoms. The molecule has 1 aromatic rings. The number of sulfone groups is 1. The molecule has 0 saturated heterocycles. The van der Waals surface area contributed by atoms with Crippen molar-refractivity contribution in [1.82, 2.24) is 0 Å². The van der Waals surface area contributed by atoms with Crippen molar-refractivity contribution in [1.29, 1.82) is 5.26 Å². The minimum Gasteiger partial charge on any atom is -0.272 e. The fourth-order valence-corrected chi connectivity index (χ4v) is 3.66. The third kappa shape index (κ3) is 2.01. The number of nitriles is 1. The highest BCUT2D eigenvalue weighted by Crippen LogP contribution is 2.39. The van der Waals surface area contributed by atoms with Crippen molar-refractivity contribution in [3.8, 4) is 6.07 Å². The van der Waals surface area contributed by atoms with Gasteiger partial charge in [-0.2, -0.15) is 5.26 Å². The maximum absolute atomic E-state index is 12.4. The lowest BCUT2D eigenvalue weighted by Crippen LogP contribution is -2.30. The molecule has 0 spiro atoms. The third-order valence-electron chi connectivity index (χ3n) is 2.92. The highest BCUT2D eigenvalue weighted by molar-refractivity contribution is 7.95. The Balaban J connectivity index is 2.79. The largest absolute Gasteiger partial charge is 0.272 e. The van der Waals surface area contributed by atoms with Crippen LogP contribution in [0.5, 0.6) is 0 Å². The topological polar surface area (TPSA) is 70.4 Å². The summed E-state index contributed by atoms with van der Waals surface area (Å²) in [4.78, 5) is 5.15. The minimum absolute atomic E-state index is 0.105. The zero-order valence-electron chi connectivity index (χ0n) is 10.8. The van der Waals surface area contributed by atoms with Gasteiger partial charge in [0, 0.05) is 0 Å². The van der Waals surface area contributed by atoms with E-state index < -0.39 is 9.84 Å². The lowest BCUT2D eigenvalue weighted by molar-refractivity contribution is 0.183. The van der Waals surface area contributed by atoms with Gasteiger partial charge in [-0.1, -0.05) is 25.5 Å². The van der Waals surface area contributed by atoms with Crippen LogP contribution in [0.3, 0.4) is 0 Å². The smallest absolute Gasteiger partial charge is 0.220 e. The molecule has 1 aliphatic rings.